The zero-order valence-electron chi connectivity index (χ0n) is 11.5. The monoisotopic (exact) mass is 277 g/mol. The minimum Gasteiger partial charge on any atom is -0.393 e. The summed E-state index contributed by atoms with van der Waals surface area (Å²) in [5, 5.41) is 13.6. The number of nitrogens with one attached hydrogen (secondary N) is 1. The molecule has 0 aliphatic heterocycles. The van der Waals surface area contributed by atoms with Gasteiger partial charge in [0.1, 0.15) is 5.69 Å². The lowest BCUT2D eigenvalue weighted by molar-refractivity contribution is -0.383. The van der Waals surface area contributed by atoms with E-state index in [0.717, 1.165) is 18.8 Å². The molecule has 108 valence electrons. The largest absolute Gasteiger partial charge is 0.393 e. The van der Waals surface area contributed by atoms with Crippen LogP contribution < -0.4 is 11.1 Å². The molecule has 1 unspecified atom stereocenters. The second-order valence-electron chi connectivity index (χ2n) is 5.29. The number of nitrogen functional groups attached to an aromatic ring is 1. The van der Waals surface area contributed by atoms with Crippen molar-refractivity contribution >= 4 is 17.3 Å². The van der Waals surface area contributed by atoms with Crippen molar-refractivity contribution in [2.45, 2.75) is 38.6 Å². The van der Waals surface area contributed by atoms with Crippen LogP contribution in [0, 0.1) is 16.0 Å². The van der Waals surface area contributed by atoms with E-state index in [-0.39, 0.29) is 23.3 Å². The number of hydrogen-bond acceptors (Lipinski definition) is 4. The smallest absolute Gasteiger partial charge is 0.292 e. The average molecular weight is 277 g/mol. The van der Waals surface area contributed by atoms with Gasteiger partial charge in [-0.1, -0.05) is 19.8 Å². The molecule has 1 amide bonds. The molecule has 2 rings (SSSR count). The van der Waals surface area contributed by atoms with Gasteiger partial charge < -0.3 is 11.1 Å². The number of nitrogens with zero attached hydrogens (tertiary/aromatic N) is 1. The molecule has 0 spiro atoms. The van der Waals surface area contributed by atoms with Gasteiger partial charge in [0.15, 0.2) is 0 Å². The van der Waals surface area contributed by atoms with E-state index in [1.54, 1.807) is 0 Å². The number of anilines is 1. The maximum Gasteiger partial charge on any atom is 0.292 e. The molecule has 0 saturated heterocycles. The Morgan fingerprint density at radius 3 is 2.75 bits per heavy atom. The summed E-state index contributed by atoms with van der Waals surface area (Å²) in [5.41, 5.74) is 5.79. The fourth-order valence-corrected chi connectivity index (χ4v) is 2.21. The first-order chi connectivity index (χ1) is 9.51. The molecule has 1 aromatic carbocycles. The fourth-order valence-electron chi connectivity index (χ4n) is 2.21. The molecule has 1 aromatic rings. The summed E-state index contributed by atoms with van der Waals surface area (Å²) in [5.74, 6) is 0.515. The van der Waals surface area contributed by atoms with Crippen molar-refractivity contribution in [2.75, 3.05) is 5.73 Å². The maximum absolute atomic E-state index is 12.1. The Hall–Kier alpha value is -2.11. The zero-order valence-corrected chi connectivity index (χ0v) is 11.5. The number of carbonyl (C=O) groups excluding carboxylic acids is 1. The summed E-state index contributed by atoms with van der Waals surface area (Å²) in [6, 6.07) is 4.23. The van der Waals surface area contributed by atoms with E-state index in [2.05, 4.69) is 5.32 Å². The van der Waals surface area contributed by atoms with Gasteiger partial charge in [0, 0.05) is 17.7 Å². The van der Waals surface area contributed by atoms with E-state index in [1.807, 2.05) is 6.92 Å². The number of carbonyl (C=O) groups is 1. The van der Waals surface area contributed by atoms with Gasteiger partial charge in [-0.05, 0) is 30.9 Å². The van der Waals surface area contributed by atoms with Crippen LogP contribution >= 0.6 is 0 Å². The highest BCUT2D eigenvalue weighted by atomic mass is 16.6. The highest BCUT2D eigenvalue weighted by Gasteiger charge is 2.26. The molecule has 0 radical (unpaired) electrons. The number of hydrogen-bond donors (Lipinski definition) is 2. The SMILES string of the molecule is CCC(CC1CC1)NC(=O)c1ccc([N+](=O)[O-])c(N)c1. The molecule has 1 atom stereocenters. The predicted molar refractivity (Wildman–Crippen MR) is 76.4 cm³/mol. The highest BCUT2D eigenvalue weighted by Crippen LogP contribution is 2.34. The molecule has 1 saturated carbocycles. The highest BCUT2D eigenvalue weighted by molar-refractivity contribution is 5.95. The molecule has 0 aromatic heterocycles. The number of nitro benzene ring substituents is 1. The molecular weight excluding hydrogens is 258 g/mol. The minimum absolute atomic E-state index is 0.0119. The Bertz CT molecular complexity index is 526. The summed E-state index contributed by atoms with van der Waals surface area (Å²) in [6.45, 7) is 2.04. The van der Waals surface area contributed by atoms with E-state index >= 15 is 0 Å². The molecule has 0 heterocycles. The van der Waals surface area contributed by atoms with Crippen LogP contribution in [-0.2, 0) is 0 Å². The number of nitrogens with two attached hydrogens (primary N) is 1. The number of rotatable bonds is 6. The van der Waals surface area contributed by atoms with Crippen molar-refractivity contribution in [1.82, 2.24) is 5.32 Å². The van der Waals surface area contributed by atoms with Gasteiger partial charge in [0.2, 0.25) is 0 Å². The number of amides is 1. The van der Waals surface area contributed by atoms with Crippen LogP contribution in [0.5, 0.6) is 0 Å². The summed E-state index contributed by atoms with van der Waals surface area (Å²) >= 11 is 0. The van der Waals surface area contributed by atoms with Gasteiger partial charge in [-0.15, -0.1) is 0 Å². The van der Waals surface area contributed by atoms with Gasteiger partial charge in [-0.2, -0.15) is 0 Å². The first-order valence-corrected chi connectivity index (χ1v) is 6.86. The summed E-state index contributed by atoms with van der Waals surface area (Å²) < 4.78 is 0. The van der Waals surface area contributed by atoms with Gasteiger partial charge in [0.25, 0.3) is 11.6 Å². The molecule has 1 aliphatic carbocycles. The summed E-state index contributed by atoms with van der Waals surface area (Å²) in [6.07, 6.45) is 4.38. The zero-order chi connectivity index (χ0) is 14.7. The molecule has 20 heavy (non-hydrogen) atoms. The van der Waals surface area contributed by atoms with Gasteiger partial charge in [0.05, 0.1) is 4.92 Å². The molecule has 6 nitrogen and oxygen atoms in total. The van der Waals surface area contributed by atoms with Crippen molar-refractivity contribution < 1.29 is 9.72 Å². The third-order valence-corrected chi connectivity index (χ3v) is 3.63. The quantitative estimate of drug-likeness (QED) is 0.474. The lowest BCUT2D eigenvalue weighted by Crippen LogP contribution is -2.34. The van der Waals surface area contributed by atoms with Gasteiger partial charge in [-0.3, -0.25) is 14.9 Å². The third kappa shape index (κ3) is 3.46. The van der Waals surface area contributed by atoms with E-state index in [1.165, 1.54) is 31.0 Å². The van der Waals surface area contributed by atoms with Crippen LogP contribution in [-0.4, -0.2) is 16.9 Å². The summed E-state index contributed by atoms with van der Waals surface area (Å²) in [7, 11) is 0. The van der Waals surface area contributed by atoms with Crippen LogP contribution in [0.15, 0.2) is 18.2 Å². The second kappa shape index (κ2) is 5.90. The first kappa shape index (κ1) is 14.3. The molecular formula is C14H19N3O3. The fraction of sp³-hybridized carbons (Fsp3) is 0.500. The normalized spacial score (nSPS) is 15.7. The first-order valence-electron chi connectivity index (χ1n) is 6.86. The average Bonchev–Trinajstić information content (AvgIpc) is 3.21. The standard InChI is InChI=1S/C14H19N3O3/c1-2-11(7-9-3-4-9)16-14(18)10-5-6-13(17(19)20)12(15)8-10/h5-6,8-9,11H,2-4,7,15H2,1H3,(H,16,18). The molecule has 1 fully saturated rings. The Kier molecular flexibility index (Phi) is 4.22. The topological polar surface area (TPSA) is 98.3 Å². The maximum atomic E-state index is 12.1. The lowest BCUT2D eigenvalue weighted by atomic mass is 10.1. The Morgan fingerprint density at radius 2 is 2.25 bits per heavy atom. The summed E-state index contributed by atoms with van der Waals surface area (Å²) in [4.78, 5) is 22.2. The molecule has 6 heteroatoms. The Labute approximate surface area is 117 Å². The van der Waals surface area contributed by atoms with Crippen LogP contribution in [0.2, 0.25) is 0 Å². The third-order valence-electron chi connectivity index (χ3n) is 3.63. The van der Waals surface area contributed by atoms with Crippen molar-refractivity contribution in [3.8, 4) is 0 Å². The lowest BCUT2D eigenvalue weighted by Gasteiger charge is -2.16. The number of benzene rings is 1. The second-order valence-corrected chi connectivity index (χ2v) is 5.29. The van der Waals surface area contributed by atoms with Crippen LogP contribution in [0.4, 0.5) is 11.4 Å². The molecule has 1 aliphatic rings. The van der Waals surface area contributed by atoms with Crippen LogP contribution in [0.25, 0.3) is 0 Å². The van der Waals surface area contributed by atoms with Crippen molar-refractivity contribution in [3.63, 3.8) is 0 Å². The van der Waals surface area contributed by atoms with Crippen molar-refractivity contribution in [1.29, 1.82) is 0 Å². The van der Waals surface area contributed by atoms with Crippen LogP contribution in [0.3, 0.4) is 0 Å². The predicted octanol–water partition coefficient (Wildman–Crippen LogP) is 2.49. The Balaban J connectivity index is 2.04. The van der Waals surface area contributed by atoms with E-state index in [9.17, 15) is 14.9 Å². The van der Waals surface area contributed by atoms with Crippen molar-refractivity contribution in [3.05, 3.63) is 33.9 Å². The van der Waals surface area contributed by atoms with Crippen molar-refractivity contribution in [2.24, 2.45) is 5.92 Å². The van der Waals surface area contributed by atoms with E-state index in [4.69, 9.17) is 5.73 Å². The minimum atomic E-state index is -0.557. The van der Waals surface area contributed by atoms with Gasteiger partial charge in [-0.25, -0.2) is 0 Å². The molecule has 3 N–H and O–H groups in total. The van der Waals surface area contributed by atoms with E-state index < -0.39 is 4.92 Å². The number of nitro groups is 1. The van der Waals surface area contributed by atoms with Crippen LogP contribution in [0.1, 0.15) is 43.0 Å². The van der Waals surface area contributed by atoms with Gasteiger partial charge >= 0.3 is 0 Å². The Morgan fingerprint density at radius 1 is 1.55 bits per heavy atom. The van der Waals surface area contributed by atoms with E-state index in [0.29, 0.717) is 5.56 Å². The molecule has 0 bridgehead atoms.